The number of aromatic nitrogens is 1. The van der Waals surface area contributed by atoms with Crippen LogP contribution in [-0.4, -0.2) is 16.6 Å². The van der Waals surface area contributed by atoms with Crippen molar-refractivity contribution in [1.29, 1.82) is 0 Å². The molecule has 23 heavy (non-hydrogen) atoms. The number of fused-ring (bicyclic) bond motifs is 1. The molecule has 1 N–H and O–H groups in total. The van der Waals surface area contributed by atoms with Crippen molar-refractivity contribution in [2.75, 3.05) is 11.1 Å². The third kappa shape index (κ3) is 3.52. The van der Waals surface area contributed by atoms with Crippen LogP contribution in [0, 0.1) is 6.92 Å². The van der Waals surface area contributed by atoms with Crippen molar-refractivity contribution in [1.82, 2.24) is 4.98 Å². The molecule has 0 saturated carbocycles. The van der Waals surface area contributed by atoms with E-state index >= 15 is 0 Å². The zero-order chi connectivity index (χ0) is 16.4. The van der Waals surface area contributed by atoms with Gasteiger partial charge in [0, 0.05) is 10.5 Å². The summed E-state index contributed by atoms with van der Waals surface area (Å²) in [4.78, 5) is 18.0. The second-order valence-electron chi connectivity index (χ2n) is 4.97. The lowest BCUT2D eigenvalue weighted by molar-refractivity contribution is 0.102. The molecular formula is C17H15ClN2OS2. The van der Waals surface area contributed by atoms with Crippen LogP contribution in [0.3, 0.4) is 0 Å². The minimum Gasteiger partial charge on any atom is -0.298 e. The third-order valence-corrected chi connectivity index (χ3v) is 5.67. The molecule has 3 nitrogen and oxygen atoms in total. The van der Waals surface area contributed by atoms with Crippen molar-refractivity contribution in [2.45, 2.75) is 18.7 Å². The largest absolute Gasteiger partial charge is 0.298 e. The molecule has 2 aromatic carbocycles. The Hall–Kier alpha value is -1.56. The molecule has 0 aliphatic heterocycles. The summed E-state index contributed by atoms with van der Waals surface area (Å²) in [6, 6.07) is 11.4. The van der Waals surface area contributed by atoms with E-state index in [1.807, 2.05) is 43.3 Å². The van der Waals surface area contributed by atoms with Crippen molar-refractivity contribution in [2.24, 2.45) is 0 Å². The van der Waals surface area contributed by atoms with Crippen LogP contribution >= 0.6 is 34.7 Å². The fourth-order valence-electron chi connectivity index (χ4n) is 2.19. The molecule has 3 rings (SSSR count). The summed E-state index contributed by atoms with van der Waals surface area (Å²) in [7, 11) is 0. The van der Waals surface area contributed by atoms with E-state index in [-0.39, 0.29) is 5.91 Å². The van der Waals surface area contributed by atoms with E-state index in [4.69, 9.17) is 11.6 Å². The molecule has 1 aromatic heterocycles. The SMILES string of the molecule is CCSc1ccc(C(=O)Nc2nc3c(C)ccc(Cl)c3s2)cc1. The Bertz CT molecular complexity index is 820. The molecule has 1 heterocycles. The van der Waals surface area contributed by atoms with Crippen LogP contribution < -0.4 is 5.32 Å². The molecule has 1 amide bonds. The second kappa shape index (κ2) is 6.91. The van der Waals surface area contributed by atoms with Crippen molar-refractivity contribution < 1.29 is 4.79 Å². The second-order valence-corrected chi connectivity index (χ2v) is 7.72. The number of benzene rings is 2. The Morgan fingerprint density at radius 2 is 2.00 bits per heavy atom. The maximum Gasteiger partial charge on any atom is 0.257 e. The monoisotopic (exact) mass is 362 g/mol. The average molecular weight is 363 g/mol. The number of hydrogen-bond donors (Lipinski definition) is 1. The van der Waals surface area contributed by atoms with Crippen molar-refractivity contribution >= 4 is 56.0 Å². The van der Waals surface area contributed by atoms with E-state index in [0.717, 1.165) is 26.4 Å². The predicted molar refractivity (Wildman–Crippen MR) is 100 cm³/mol. The van der Waals surface area contributed by atoms with Gasteiger partial charge in [-0.25, -0.2) is 4.98 Å². The highest BCUT2D eigenvalue weighted by Gasteiger charge is 2.13. The van der Waals surface area contributed by atoms with E-state index in [1.165, 1.54) is 11.3 Å². The first-order chi connectivity index (χ1) is 11.1. The van der Waals surface area contributed by atoms with Gasteiger partial charge in [0.2, 0.25) is 0 Å². The number of carbonyl (C=O) groups excluding carboxylic acids is 1. The number of nitrogens with zero attached hydrogens (tertiary/aromatic N) is 1. The molecule has 3 aromatic rings. The van der Waals surface area contributed by atoms with Gasteiger partial charge < -0.3 is 0 Å². The molecule has 0 spiro atoms. The van der Waals surface area contributed by atoms with Crippen LogP contribution in [0.2, 0.25) is 5.02 Å². The first-order valence-corrected chi connectivity index (χ1v) is 9.36. The van der Waals surface area contributed by atoms with E-state index in [9.17, 15) is 4.79 Å². The zero-order valence-electron chi connectivity index (χ0n) is 12.7. The van der Waals surface area contributed by atoms with Gasteiger partial charge >= 0.3 is 0 Å². The number of carbonyl (C=O) groups is 1. The van der Waals surface area contributed by atoms with Crippen LogP contribution in [0.1, 0.15) is 22.8 Å². The van der Waals surface area contributed by atoms with Gasteiger partial charge in [0.15, 0.2) is 5.13 Å². The van der Waals surface area contributed by atoms with Crippen molar-refractivity contribution in [3.05, 3.63) is 52.5 Å². The molecule has 118 valence electrons. The summed E-state index contributed by atoms with van der Waals surface area (Å²) in [6.07, 6.45) is 0. The van der Waals surface area contributed by atoms with Crippen LogP contribution in [0.5, 0.6) is 0 Å². The van der Waals surface area contributed by atoms with Gasteiger partial charge in [-0.15, -0.1) is 11.8 Å². The zero-order valence-corrected chi connectivity index (χ0v) is 15.1. The Balaban J connectivity index is 1.82. The number of anilines is 1. The summed E-state index contributed by atoms with van der Waals surface area (Å²) >= 11 is 9.34. The first kappa shape index (κ1) is 16.3. The molecule has 0 aliphatic rings. The molecule has 0 radical (unpaired) electrons. The van der Waals surface area contributed by atoms with Gasteiger partial charge in [-0.2, -0.15) is 0 Å². The molecule has 6 heteroatoms. The van der Waals surface area contributed by atoms with Crippen molar-refractivity contribution in [3.63, 3.8) is 0 Å². The summed E-state index contributed by atoms with van der Waals surface area (Å²) < 4.78 is 0.900. The first-order valence-electron chi connectivity index (χ1n) is 7.18. The number of rotatable bonds is 4. The van der Waals surface area contributed by atoms with Crippen molar-refractivity contribution in [3.8, 4) is 0 Å². The lowest BCUT2D eigenvalue weighted by Gasteiger charge is -2.03. The average Bonchev–Trinajstić information content (AvgIpc) is 2.97. The van der Waals surface area contributed by atoms with E-state index in [1.54, 1.807) is 11.8 Å². The van der Waals surface area contributed by atoms with Crippen LogP contribution in [-0.2, 0) is 0 Å². The van der Waals surface area contributed by atoms with Gasteiger partial charge in [0.1, 0.15) is 0 Å². The maximum atomic E-state index is 12.3. The number of thioether (sulfide) groups is 1. The standard InChI is InChI=1S/C17H15ClN2OS2/c1-3-22-12-7-5-11(6-8-12)16(21)20-17-19-14-10(2)4-9-13(18)15(14)23-17/h4-9H,3H2,1-2H3,(H,19,20,21). The number of aryl methyl sites for hydroxylation is 1. The minimum atomic E-state index is -0.161. The Morgan fingerprint density at radius 3 is 2.65 bits per heavy atom. The lowest BCUT2D eigenvalue weighted by atomic mass is 10.2. The van der Waals surface area contributed by atoms with Gasteiger partial charge in [-0.05, 0) is 48.6 Å². The fourth-order valence-corrected chi connectivity index (χ4v) is 4.07. The number of nitrogens with one attached hydrogen (secondary N) is 1. The van der Waals surface area contributed by atoms with Gasteiger partial charge in [0.05, 0.1) is 15.2 Å². The van der Waals surface area contributed by atoms with Crippen LogP contribution in [0.25, 0.3) is 10.2 Å². The Morgan fingerprint density at radius 1 is 1.26 bits per heavy atom. The summed E-state index contributed by atoms with van der Waals surface area (Å²) in [5.74, 6) is 0.850. The third-order valence-electron chi connectivity index (χ3n) is 3.35. The maximum absolute atomic E-state index is 12.3. The number of amides is 1. The quantitative estimate of drug-likeness (QED) is 0.612. The minimum absolute atomic E-state index is 0.161. The van der Waals surface area contributed by atoms with Gasteiger partial charge in [-0.1, -0.05) is 35.9 Å². The highest BCUT2D eigenvalue weighted by molar-refractivity contribution is 7.99. The Labute approximate surface area is 148 Å². The van der Waals surface area contributed by atoms with E-state index in [0.29, 0.717) is 15.7 Å². The highest BCUT2D eigenvalue weighted by Crippen LogP contribution is 2.34. The summed E-state index contributed by atoms with van der Waals surface area (Å²) in [5, 5.41) is 4.08. The summed E-state index contributed by atoms with van der Waals surface area (Å²) in [6.45, 7) is 4.08. The van der Waals surface area contributed by atoms with Gasteiger partial charge in [-0.3, -0.25) is 10.1 Å². The van der Waals surface area contributed by atoms with E-state index in [2.05, 4.69) is 17.2 Å². The topological polar surface area (TPSA) is 42.0 Å². The molecule has 0 fully saturated rings. The van der Waals surface area contributed by atoms with E-state index < -0.39 is 0 Å². The number of hydrogen-bond acceptors (Lipinski definition) is 4. The predicted octanol–water partition coefficient (Wildman–Crippen LogP) is 5.62. The highest BCUT2D eigenvalue weighted by atomic mass is 35.5. The molecule has 0 atom stereocenters. The molecule has 0 aliphatic carbocycles. The normalized spacial score (nSPS) is 10.9. The molecular weight excluding hydrogens is 348 g/mol. The van der Waals surface area contributed by atoms with Crippen LogP contribution in [0.15, 0.2) is 41.3 Å². The summed E-state index contributed by atoms with van der Waals surface area (Å²) in [5.41, 5.74) is 2.50. The number of halogens is 1. The number of thiazole rings is 1. The fraction of sp³-hybridized carbons (Fsp3) is 0.176. The molecule has 0 bridgehead atoms. The smallest absolute Gasteiger partial charge is 0.257 e. The van der Waals surface area contributed by atoms with Crippen LogP contribution in [0.4, 0.5) is 5.13 Å². The van der Waals surface area contributed by atoms with Gasteiger partial charge in [0.25, 0.3) is 5.91 Å². The lowest BCUT2D eigenvalue weighted by Crippen LogP contribution is -2.11. The molecule has 0 saturated heterocycles. The Kier molecular flexibility index (Phi) is 4.90. The molecule has 0 unspecified atom stereocenters.